The van der Waals surface area contributed by atoms with E-state index >= 15 is 0 Å². The molecule has 0 saturated heterocycles. The van der Waals surface area contributed by atoms with E-state index in [-0.39, 0.29) is 24.6 Å². The fourth-order valence-corrected chi connectivity index (χ4v) is 5.49. The highest BCUT2D eigenvalue weighted by atomic mass is 35.5. The number of carbonyl (C=O) groups excluding carboxylic acids is 2. The van der Waals surface area contributed by atoms with Gasteiger partial charge in [-0.2, -0.15) is 0 Å². The lowest BCUT2D eigenvalue weighted by Crippen LogP contribution is -2.53. The number of nitrogens with one attached hydrogen (secondary N) is 1. The van der Waals surface area contributed by atoms with Crippen LogP contribution in [-0.2, 0) is 32.6 Å². The molecule has 0 aliphatic carbocycles. The molecule has 0 aliphatic heterocycles. The van der Waals surface area contributed by atoms with Crippen LogP contribution in [0.15, 0.2) is 72.8 Å². The van der Waals surface area contributed by atoms with E-state index in [0.29, 0.717) is 27.2 Å². The predicted octanol–water partition coefficient (Wildman–Crippen LogP) is 5.97. The molecule has 214 valence electrons. The predicted molar refractivity (Wildman–Crippen MR) is 163 cm³/mol. The van der Waals surface area contributed by atoms with Gasteiger partial charge in [-0.05, 0) is 47.9 Å². The number of unbranched alkanes of at least 4 members (excludes halogenated alkanes) is 1. The van der Waals surface area contributed by atoms with E-state index in [2.05, 4.69) is 5.32 Å². The van der Waals surface area contributed by atoms with Crippen LogP contribution in [0.2, 0.25) is 15.1 Å². The van der Waals surface area contributed by atoms with E-state index in [1.54, 1.807) is 36.4 Å². The van der Waals surface area contributed by atoms with Gasteiger partial charge in [-0.1, -0.05) is 90.6 Å². The Morgan fingerprint density at radius 1 is 0.900 bits per heavy atom. The van der Waals surface area contributed by atoms with Gasteiger partial charge in [-0.25, -0.2) is 8.42 Å². The number of nitrogens with zero attached hydrogens (tertiary/aromatic N) is 2. The zero-order chi connectivity index (χ0) is 29.3. The number of hydrogen-bond donors (Lipinski definition) is 1. The van der Waals surface area contributed by atoms with E-state index < -0.39 is 28.5 Å². The van der Waals surface area contributed by atoms with E-state index in [0.717, 1.165) is 29.0 Å². The molecule has 2 amide bonds. The number of rotatable bonds is 13. The van der Waals surface area contributed by atoms with Crippen LogP contribution in [-0.4, -0.2) is 50.5 Å². The van der Waals surface area contributed by atoms with Crippen molar-refractivity contribution < 1.29 is 18.0 Å². The van der Waals surface area contributed by atoms with Gasteiger partial charge in [0.1, 0.15) is 12.6 Å². The Bertz CT molecular complexity index is 1420. The maximum atomic E-state index is 14.0. The third kappa shape index (κ3) is 9.13. The van der Waals surface area contributed by atoms with Crippen molar-refractivity contribution in [3.63, 3.8) is 0 Å². The maximum Gasteiger partial charge on any atom is 0.244 e. The quantitative estimate of drug-likeness (QED) is 0.238. The standard InChI is InChI=1S/C29H32Cl3N3O4S/c1-3-4-15-33-29(37)27(17-21-9-6-5-7-10-21)34(19-22-13-14-25(31)26(32)16-22)28(36)20-35(40(2,38)39)24-12-8-11-23(30)18-24/h5-14,16,18,27H,3-4,15,17,19-20H2,1-2H3,(H,33,37). The van der Waals surface area contributed by atoms with Crippen molar-refractivity contribution in [1.29, 1.82) is 0 Å². The van der Waals surface area contributed by atoms with E-state index in [9.17, 15) is 18.0 Å². The Labute approximate surface area is 251 Å². The Hall–Kier alpha value is -2.78. The van der Waals surface area contributed by atoms with E-state index in [1.807, 2.05) is 37.3 Å². The van der Waals surface area contributed by atoms with Crippen molar-refractivity contribution >= 4 is 62.3 Å². The smallest absolute Gasteiger partial charge is 0.244 e. The van der Waals surface area contributed by atoms with Crippen molar-refractivity contribution in [2.24, 2.45) is 0 Å². The normalized spacial score (nSPS) is 12.0. The molecule has 3 aromatic carbocycles. The first kappa shape index (κ1) is 31.7. The monoisotopic (exact) mass is 623 g/mol. The largest absolute Gasteiger partial charge is 0.354 e. The first-order valence-electron chi connectivity index (χ1n) is 12.8. The highest BCUT2D eigenvalue weighted by molar-refractivity contribution is 7.92. The number of amides is 2. The highest BCUT2D eigenvalue weighted by Gasteiger charge is 2.33. The summed E-state index contributed by atoms with van der Waals surface area (Å²) in [5.41, 5.74) is 1.72. The lowest BCUT2D eigenvalue weighted by Gasteiger charge is -2.33. The van der Waals surface area contributed by atoms with Gasteiger partial charge >= 0.3 is 0 Å². The summed E-state index contributed by atoms with van der Waals surface area (Å²) in [6, 6.07) is 19.6. The molecule has 0 aliphatic rings. The number of anilines is 1. The molecule has 1 N–H and O–H groups in total. The second-order valence-electron chi connectivity index (χ2n) is 9.37. The van der Waals surface area contributed by atoms with E-state index in [4.69, 9.17) is 34.8 Å². The molecule has 3 aromatic rings. The highest BCUT2D eigenvalue weighted by Crippen LogP contribution is 2.26. The number of benzene rings is 3. The molecule has 0 heterocycles. The Balaban J connectivity index is 2.05. The summed E-state index contributed by atoms with van der Waals surface area (Å²) in [7, 11) is -3.88. The zero-order valence-corrected chi connectivity index (χ0v) is 25.4. The third-order valence-corrected chi connectivity index (χ3v) is 8.33. The van der Waals surface area contributed by atoms with Crippen molar-refractivity contribution in [2.45, 2.75) is 38.8 Å². The van der Waals surface area contributed by atoms with Crippen LogP contribution in [0, 0.1) is 0 Å². The lowest BCUT2D eigenvalue weighted by molar-refractivity contribution is -0.140. The summed E-state index contributed by atoms with van der Waals surface area (Å²) in [4.78, 5) is 29.0. The molecule has 0 spiro atoms. The van der Waals surface area contributed by atoms with Gasteiger partial charge in [0.25, 0.3) is 0 Å². The number of halogens is 3. The fraction of sp³-hybridized carbons (Fsp3) is 0.310. The molecule has 1 unspecified atom stereocenters. The molecule has 0 bridgehead atoms. The molecule has 40 heavy (non-hydrogen) atoms. The average molecular weight is 625 g/mol. The second-order valence-corrected chi connectivity index (χ2v) is 12.5. The Kier molecular flexibility index (Phi) is 11.7. The molecule has 11 heteroatoms. The number of sulfonamides is 1. The van der Waals surface area contributed by atoms with Gasteiger partial charge in [0.15, 0.2) is 0 Å². The lowest BCUT2D eigenvalue weighted by atomic mass is 10.0. The van der Waals surface area contributed by atoms with Crippen LogP contribution in [0.5, 0.6) is 0 Å². The summed E-state index contributed by atoms with van der Waals surface area (Å²) in [6.45, 7) is 1.94. The van der Waals surface area contributed by atoms with Gasteiger partial charge in [-0.3, -0.25) is 13.9 Å². The van der Waals surface area contributed by atoms with Gasteiger partial charge in [0, 0.05) is 24.5 Å². The summed E-state index contributed by atoms with van der Waals surface area (Å²) in [6.07, 6.45) is 2.91. The van der Waals surface area contributed by atoms with Crippen molar-refractivity contribution in [3.05, 3.63) is 99.0 Å². The van der Waals surface area contributed by atoms with Gasteiger partial charge < -0.3 is 10.2 Å². The molecular formula is C29H32Cl3N3O4S. The third-order valence-electron chi connectivity index (χ3n) is 6.21. The first-order valence-corrected chi connectivity index (χ1v) is 15.8. The molecule has 0 saturated carbocycles. The molecule has 7 nitrogen and oxygen atoms in total. The summed E-state index contributed by atoms with van der Waals surface area (Å²) >= 11 is 18.5. The number of carbonyl (C=O) groups is 2. The van der Waals surface area contributed by atoms with Gasteiger partial charge in [-0.15, -0.1) is 0 Å². The molecule has 0 radical (unpaired) electrons. The van der Waals surface area contributed by atoms with Crippen LogP contribution in [0.3, 0.4) is 0 Å². The van der Waals surface area contributed by atoms with Crippen molar-refractivity contribution in [2.75, 3.05) is 23.7 Å². The van der Waals surface area contributed by atoms with Crippen LogP contribution in [0.25, 0.3) is 0 Å². The Morgan fingerprint density at radius 3 is 2.25 bits per heavy atom. The number of hydrogen-bond acceptors (Lipinski definition) is 4. The molecular weight excluding hydrogens is 593 g/mol. The Morgan fingerprint density at radius 2 is 1.62 bits per heavy atom. The topological polar surface area (TPSA) is 86.8 Å². The van der Waals surface area contributed by atoms with Crippen molar-refractivity contribution in [3.8, 4) is 0 Å². The second kappa shape index (κ2) is 14.7. The summed E-state index contributed by atoms with van der Waals surface area (Å²) in [5.74, 6) is -0.901. The first-order chi connectivity index (χ1) is 19.0. The molecule has 0 fully saturated rings. The van der Waals surface area contributed by atoms with Gasteiger partial charge in [0.2, 0.25) is 21.8 Å². The van der Waals surface area contributed by atoms with E-state index in [1.165, 1.54) is 11.0 Å². The van der Waals surface area contributed by atoms with Crippen LogP contribution >= 0.6 is 34.8 Å². The van der Waals surface area contributed by atoms with Gasteiger partial charge in [0.05, 0.1) is 22.0 Å². The fourth-order valence-electron chi connectivity index (χ4n) is 4.14. The van der Waals surface area contributed by atoms with Crippen LogP contribution in [0.4, 0.5) is 5.69 Å². The molecule has 1 atom stereocenters. The molecule has 0 aromatic heterocycles. The minimum absolute atomic E-state index is 0.00156. The minimum Gasteiger partial charge on any atom is -0.354 e. The summed E-state index contributed by atoms with van der Waals surface area (Å²) in [5, 5.41) is 3.92. The maximum absolute atomic E-state index is 14.0. The van der Waals surface area contributed by atoms with Crippen LogP contribution < -0.4 is 9.62 Å². The SMILES string of the molecule is CCCCNC(=O)C(Cc1ccccc1)N(Cc1ccc(Cl)c(Cl)c1)C(=O)CN(c1cccc(Cl)c1)S(C)(=O)=O. The zero-order valence-electron chi connectivity index (χ0n) is 22.3. The minimum atomic E-state index is -3.88. The average Bonchev–Trinajstić information content (AvgIpc) is 2.91. The molecule has 3 rings (SSSR count). The summed E-state index contributed by atoms with van der Waals surface area (Å²) < 4.78 is 26.6. The van der Waals surface area contributed by atoms with Crippen LogP contribution in [0.1, 0.15) is 30.9 Å². The van der Waals surface area contributed by atoms with Crippen molar-refractivity contribution in [1.82, 2.24) is 10.2 Å².